The van der Waals surface area contributed by atoms with E-state index in [4.69, 9.17) is 4.74 Å². The molecule has 0 saturated heterocycles. The zero-order chi connectivity index (χ0) is 16.0. The molecule has 2 rings (SSSR count). The minimum Gasteiger partial charge on any atom is -0.480 e. The number of aliphatic carboxylic acids is 1. The van der Waals surface area contributed by atoms with E-state index in [-0.39, 0.29) is 0 Å². The monoisotopic (exact) mass is 356 g/mol. The van der Waals surface area contributed by atoms with Crippen molar-refractivity contribution in [1.29, 1.82) is 0 Å². The van der Waals surface area contributed by atoms with Crippen molar-refractivity contribution in [2.75, 3.05) is 0 Å². The smallest absolute Gasteiger partial charge is 0.433 e. The third-order valence-electron chi connectivity index (χ3n) is 3.01. The number of carboxylic acids is 1. The van der Waals surface area contributed by atoms with Crippen LogP contribution in [0.2, 0.25) is 0 Å². The van der Waals surface area contributed by atoms with Crippen LogP contribution in [0.1, 0.15) is 27.7 Å². The largest absolute Gasteiger partial charge is 0.480 e. The number of rotatable bonds is 1. The molecule has 2 aliphatic rings. The molecule has 1 aliphatic carbocycles. The van der Waals surface area contributed by atoms with Crippen molar-refractivity contribution in [2.24, 2.45) is 5.41 Å². The summed E-state index contributed by atoms with van der Waals surface area (Å²) in [6.45, 7) is 6.86. The number of carbonyl (C=O) groups excluding carboxylic acids is 1. The number of ether oxygens (including phenoxy) is 1. The number of allylic oxidation sites excluding steroid dienone is 1. The number of amides is 1. The molecule has 21 heavy (non-hydrogen) atoms. The van der Waals surface area contributed by atoms with E-state index in [1.54, 1.807) is 40.0 Å². The van der Waals surface area contributed by atoms with E-state index < -0.39 is 23.1 Å². The van der Waals surface area contributed by atoms with Crippen molar-refractivity contribution in [3.8, 4) is 0 Å². The Balaban J connectivity index is 2.34. The quantitative estimate of drug-likeness (QED) is 0.755. The average Bonchev–Trinajstić information content (AvgIpc) is 2.70. The molecule has 0 aromatic carbocycles. The third kappa shape index (κ3) is 2.97. The number of nitrogens with zero attached hydrogens (tertiary/aromatic N) is 1. The van der Waals surface area contributed by atoms with Crippen LogP contribution >= 0.6 is 15.9 Å². The summed E-state index contributed by atoms with van der Waals surface area (Å²) < 4.78 is 5.92. The van der Waals surface area contributed by atoms with Gasteiger partial charge < -0.3 is 9.84 Å². The van der Waals surface area contributed by atoms with Crippen molar-refractivity contribution < 1.29 is 19.4 Å². The van der Waals surface area contributed by atoms with Gasteiger partial charge in [-0.15, -0.1) is 0 Å². The van der Waals surface area contributed by atoms with E-state index in [9.17, 15) is 14.7 Å². The highest BCUT2D eigenvalue weighted by molar-refractivity contribution is 9.12. The van der Waals surface area contributed by atoms with Crippen molar-refractivity contribution in [1.82, 2.24) is 10.4 Å². The van der Waals surface area contributed by atoms with Crippen molar-refractivity contribution in [3.05, 3.63) is 34.1 Å². The number of hydrogen-bond acceptors (Lipinski definition) is 4. The summed E-state index contributed by atoms with van der Waals surface area (Å²) in [5.74, 6) is -0.998. The second-order valence-electron chi connectivity index (χ2n) is 6.11. The Morgan fingerprint density at radius 1 is 1.38 bits per heavy atom. The molecule has 1 unspecified atom stereocenters. The summed E-state index contributed by atoms with van der Waals surface area (Å²) >= 11 is 3.35. The number of carbonyl (C=O) groups is 2. The molecule has 114 valence electrons. The lowest BCUT2D eigenvalue weighted by molar-refractivity contribution is -0.142. The van der Waals surface area contributed by atoms with Gasteiger partial charge in [-0.2, -0.15) is 5.01 Å². The molecule has 2 N–H and O–H groups in total. The van der Waals surface area contributed by atoms with Crippen LogP contribution in [0.3, 0.4) is 0 Å². The minimum absolute atomic E-state index is 0.462. The zero-order valence-corrected chi connectivity index (χ0v) is 13.8. The molecule has 0 aromatic heterocycles. The van der Waals surface area contributed by atoms with Gasteiger partial charge in [0.05, 0.1) is 5.70 Å². The minimum atomic E-state index is -1.20. The molecule has 0 aromatic rings. The zero-order valence-electron chi connectivity index (χ0n) is 12.2. The summed E-state index contributed by atoms with van der Waals surface area (Å²) in [7, 11) is 0. The first kappa shape index (κ1) is 15.6. The highest BCUT2D eigenvalue weighted by atomic mass is 79.9. The van der Waals surface area contributed by atoms with Gasteiger partial charge in [-0.1, -0.05) is 15.9 Å². The Hall–Kier alpha value is -1.76. The molecule has 1 heterocycles. The van der Waals surface area contributed by atoms with Crippen LogP contribution in [-0.2, 0) is 9.53 Å². The number of fused-ring (bicyclic) bond motifs is 1. The van der Waals surface area contributed by atoms with Gasteiger partial charge >= 0.3 is 12.1 Å². The van der Waals surface area contributed by atoms with E-state index in [1.165, 1.54) is 11.1 Å². The lowest BCUT2D eigenvalue weighted by atomic mass is 9.84. The summed E-state index contributed by atoms with van der Waals surface area (Å²) in [6.07, 6.45) is 4.15. The van der Waals surface area contributed by atoms with Gasteiger partial charge in [0.15, 0.2) is 0 Å². The molecule has 0 spiro atoms. The fourth-order valence-corrected chi connectivity index (χ4v) is 2.77. The van der Waals surface area contributed by atoms with Crippen LogP contribution in [0.25, 0.3) is 0 Å². The molecule has 0 bridgehead atoms. The second kappa shape index (κ2) is 4.91. The SMILES string of the molecule is CC(C)(C)OC(=O)N1NC=C2C(Br)=CC(C)(C(=O)O)C=C21. The maximum atomic E-state index is 12.2. The van der Waals surface area contributed by atoms with Crippen LogP contribution in [0.15, 0.2) is 34.1 Å². The molecular formula is C14H17BrN2O4. The number of carboxylic acid groups (broad SMARTS) is 1. The van der Waals surface area contributed by atoms with Gasteiger partial charge in [0, 0.05) is 16.3 Å². The fourth-order valence-electron chi connectivity index (χ4n) is 1.98. The van der Waals surface area contributed by atoms with E-state index in [1.807, 2.05) is 0 Å². The van der Waals surface area contributed by atoms with Crippen LogP contribution in [-0.4, -0.2) is 27.8 Å². The van der Waals surface area contributed by atoms with Gasteiger partial charge in [-0.3, -0.25) is 10.2 Å². The molecule has 1 aliphatic heterocycles. The van der Waals surface area contributed by atoms with E-state index in [0.717, 1.165) is 0 Å². The molecule has 6 nitrogen and oxygen atoms in total. The summed E-state index contributed by atoms with van der Waals surface area (Å²) in [6, 6.07) is 0. The van der Waals surface area contributed by atoms with Crippen molar-refractivity contribution in [3.63, 3.8) is 0 Å². The maximum absolute atomic E-state index is 12.2. The molecular weight excluding hydrogens is 340 g/mol. The number of nitrogens with one attached hydrogen (secondary N) is 1. The number of hydrazine groups is 1. The predicted octanol–water partition coefficient (Wildman–Crippen LogP) is 2.89. The Labute approximate surface area is 131 Å². The Morgan fingerprint density at radius 2 is 2.00 bits per heavy atom. The van der Waals surface area contributed by atoms with Gasteiger partial charge in [-0.05, 0) is 39.8 Å². The topological polar surface area (TPSA) is 78.9 Å². The lowest BCUT2D eigenvalue weighted by Crippen LogP contribution is -2.41. The average molecular weight is 357 g/mol. The Morgan fingerprint density at radius 3 is 2.52 bits per heavy atom. The number of halogens is 1. The first-order valence-electron chi connectivity index (χ1n) is 6.38. The normalized spacial score (nSPS) is 24.4. The van der Waals surface area contributed by atoms with E-state index in [0.29, 0.717) is 15.8 Å². The first-order valence-corrected chi connectivity index (χ1v) is 7.17. The molecule has 1 amide bonds. The highest BCUT2D eigenvalue weighted by Crippen LogP contribution is 2.41. The summed E-state index contributed by atoms with van der Waals surface area (Å²) in [4.78, 5) is 23.6. The molecule has 0 radical (unpaired) electrons. The van der Waals surface area contributed by atoms with Gasteiger partial charge in [0.25, 0.3) is 0 Å². The lowest BCUT2D eigenvalue weighted by Gasteiger charge is -2.29. The molecule has 0 saturated carbocycles. The summed E-state index contributed by atoms with van der Waals surface area (Å²) in [5.41, 5.74) is 2.13. The number of hydrogen-bond donors (Lipinski definition) is 2. The van der Waals surface area contributed by atoms with E-state index in [2.05, 4.69) is 21.4 Å². The molecule has 1 atom stereocenters. The van der Waals surface area contributed by atoms with Crippen LogP contribution in [0.5, 0.6) is 0 Å². The predicted molar refractivity (Wildman–Crippen MR) is 80.1 cm³/mol. The van der Waals surface area contributed by atoms with Gasteiger partial charge in [0.1, 0.15) is 11.0 Å². The standard InChI is InChI=1S/C14H17BrN2O4/c1-13(2,3)21-12(20)17-10-6-14(4,11(18)19)5-9(15)8(10)7-16-17/h5-7,16H,1-4H3,(H,18,19). The first-order chi connectivity index (χ1) is 9.53. The van der Waals surface area contributed by atoms with Gasteiger partial charge in [-0.25, -0.2) is 4.79 Å². The summed E-state index contributed by atoms with van der Waals surface area (Å²) in [5, 5.41) is 10.6. The van der Waals surface area contributed by atoms with Gasteiger partial charge in [0.2, 0.25) is 0 Å². The van der Waals surface area contributed by atoms with Crippen LogP contribution in [0.4, 0.5) is 4.79 Å². The Bertz CT molecular complexity index is 601. The highest BCUT2D eigenvalue weighted by Gasteiger charge is 2.40. The van der Waals surface area contributed by atoms with Crippen molar-refractivity contribution in [2.45, 2.75) is 33.3 Å². The third-order valence-corrected chi connectivity index (χ3v) is 3.67. The fraction of sp³-hybridized carbons (Fsp3) is 0.429. The van der Waals surface area contributed by atoms with Crippen LogP contribution < -0.4 is 5.43 Å². The molecule has 0 fully saturated rings. The van der Waals surface area contributed by atoms with Crippen LogP contribution in [0, 0.1) is 5.41 Å². The Kier molecular flexibility index (Phi) is 3.65. The maximum Gasteiger partial charge on any atom is 0.433 e. The second-order valence-corrected chi connectivity index (χ2v) is 6.97. The van der Waals surface area contributed by atoms with E-state index >= 15 is 0 Å². The van der Waals surface area contributed by atoms with Crippen molar-refractivity contribution >= 4 is 28.0 Å². The molecule has 7 heteroatoms.